The van der Waals surface area contributed by atoms with Crippen LogP contribution in [0, 0.1) is 0 Å². The summed E-state index contributed by atoms with van der Waals surface area (Å²) in [7, 11) is 0. The Hall–Kier alpha value is -0.160. The van der Waals surface area contributed by atoms with E-state index >= 15 is 0 Å². The van der Waals surface area contributed by atoms with Crippen LogP contribution in [0.25, 0.3) is 0 Å². The zero-order valence-corrected chi connectivity index (χ0v) is 14.1. The van der Waals surface area contributed by atoms with Crippen molar-refractivity contribution in [3.05, 3.63) is 0 Å². The van der Waals surface area contributed by atoms with E-state index in [4.69, 9.17) is 4.74 Å². The smallest absolute Gasteiger partial charge is 0.0674 e. The van der Waals surface area contributed by atoms with Crippen molar-refractivity contribution in [1.82, 2.24) is 10.2 Å². The van der Waals surface area contributed by atoms with E-state index in [1.165, 1.54) is 12.8 Å². The first kappa shape index (κ1) is 17.2. The van der Waals surface area contributed by atoms with Gasteiger partial charge in [-0.2, -0.15) is 0 Å². The third kappa shape index (κ3) is 4.92. The van der Waals surface area contributed by atoms with Crippen molar-refractivity contribution in [2.45, 2.75) is 83.0 Å². The molecule has 1 heterocycles. The fourth-order valence-electron chi connectivity index (χ4n) is 3.43. The topological polar surface area (TPSA) is 44.7 Å². The minimum atomic E-state index is -0.0548. The summed E-state index contributed by atoms with van der Waals surface area (Å²) < 4.78 is 5.77. The number of hydrogen-bond acceptors (Lipinski definition) is 4. The monoisotopic (exact) mass is 298 g/mol. The Morgan fingerprint density at radius 1 is 1.33 bits per heavy atom. The molecule has 0 aromatic rings. The predicted octanol–water partition coefficient (Wildman–Crippen LogP) is 2.16. The Bertz CT molecular complexity index is 303. The van der Waals surface area contributed by atoms with Gasteiger partial charge in [-0.25, -0.2) is 0 Å². The Labute approximate surface area is 130 Å². The first-order chi connectivity index (χ1) is 10.1. The molecular weight excluding hydrogens is 264 g/mol. The van der Waals surface area contributed by atoms with E-state index in [-0.39, 0.29) is 12.1 Å². The molecule has 1 saturated heterocycles. The number of rotatable bonds is 9. The molecule has 2 rings (SSSR count). The van der Waals surface area contributed by atoms with Gasteiger partial charge in [0.25, 0.3) is 0 Å². The summed E-state index contributed by atoms with van der Waals surface area (Å²) in [5, 5.41) is 13.5. The van der Waals surface area contributed by atoms with E-state index in [1.807, 2.05) is 0 Å². The lowest BCUT2D eigenvalue weighted by molar-refractivity contribution is -0.0568. The lowest BCUT2D eigenvalue weighted by atomic mass is 9.90. The molecule has 0 aromatic carbocycles. The Morgan fingerprint density at radius 3 is 2.67 bits per heavy atom. The number of aliphatic hydroxyl groups excluding tert-OH is 1. The van der Waals surface area contributed by atoms with Gasteiger partial charge < -0.3 is 15.2 Å². The van der Waals surface area contributed by atoms with E-state index in [1.54, 1.807) is 0 Å². The molecule has 2 aliphatic rings. The molecule has 1 aliphatic carbocycles. The second-order valence-corrected chi connectivity index (χ2v) is 7.02. The molecule has 1 saturated carbocycles. The van der Waals surface area contributed by atoms with Gasteiger partial charge in [0.15, 0.2) is 0 Å². The quantitative estimate of drug-likeness (QED) is 0.685. The molecule has 4 nitrogen and oxygen atoms in total. The number of nitrogens with zero attached hydrogens (tertiary/aromatic N) is 1. The lowest BCUT2D eigenvalue weighted by Crippen LogP contribution is -2.51. The minimum absolute atomic E-state index is 0.0548. The second-order valence-electron chi connectivity index (χ2n) is 7.02. The fourth-order valence-corrected chi connectivity index (χ4v) is 3.43. The molecule has 0 spiro atoms. The van der Waals surface area contributed by atoms with Crippen LogP contribution in [0.4, 0.5) is 0 Å². The molecule has 0 aromatic heterocycles. The predicted molar refractivity (Wildman–Crippen MR) is 86.6 cm³/mol. The molecule has 0 bridgehead atoms. The number of morpholine rings is 1. The zero-order chi connectivity index (χ0) is 15.3. The number of aliphatic hydroxyl groups is 1. The standard InChI is InChI=1S/C17H34N2O2/c1-4-16-12-21-14(3)11-19(16)10-6-9-17(5-2,13-20)18-15-7-8-15/h14-16,18,20H,4-13H2,1-3H3. The normalized spacial score (nSPS) is 30.3. The molecule has 1 aliphatic heterocycles. The summed E-state index contributed by atoms with van der Waals surface area (Å²) in [5.74, 6) is 0. The highest BCUT2D eigenvalue weighted by atomic mass is 16.5. The number of hydrogen-bond donors (Lipinski definition) is 2. The molecule has 3 atom stereocenters. The van der Waals surface area contributed by atoms with Crippen LogP contribution in [-0.2, 0) is 4.74 Å². The molecule has 3 unspecified atom stereocenters. The van der Waals surface area contributed by atoms with Crippen LogP contribution >= 0.6 is 0 Å². The largest absolute Gasteiger partial charge is 0.394 e. The Balaban J connectivity index is 1.79. The summed E-state index contributed by atoms with van der Waals surface area (Å²) in [6, 6.07) is 1.23. The summed E-state index contributed by atoms with van der Waals surface area (Å²) in [6.45, 7) is 9.91. The molecule has 2 N–H and O–H groups in total. The van der Waals surface area contributed by atoms with E-state index in [0.717, 1.165) is 45.4 Å². The SMILES string of the molecule is CCC1COC(C)CN1CCCC(CC)(CO)NC1CC1. The summed E-state index contributed by atoms with van der Waals surface area (Å²) in [6.07, 6.45) is 7.30. The highest BCUT2D eigenvalue weighted by Gasteiger charge is 2.34. The third-order valence-electron chi connectivity index (χ3n) is 5.22. The van der Waals surface area contributed by atoms with Crippen molar-refractivity contribution in [1.29, 1.82) is 0 Å². The van der Waals surface area contributed by atoms with E-state index in [9.17, 15) is 5.11 Å². The van der Waals surface area contributed by atoms with Crippen molar-refractivity contribution in [2.24, 2.45) is 0 Å². The van der Waals surface area contributed by atoms with E-state index < -0.39 is 0 Å². The molecule has 4 heteroatoms. The van der Waals surface area contributed by atoms with Crippen molar-refractivity contribution in [3.8, 4) is 0 Å². The lowest BCUT2D eigenvalue weighted by Gasteiger charge is -2.39. The zero-order valence-electron chi connectivity index (χ0n) is 14.1. The van der Waals surface area contributed by atoms with Gasteiger partial charge in [-0.05, 0) is 52.0 Å². The van der Waals surface area contributed by atoms with Gasteiger partial charge in [-0.3, -0.25) is 4.90 Å². The highest BCUT2D eigenvalue weighted by molar-refractivity contribution is 4.94. The van der Waals surface area contributed by atoms with Gasteiger partial charge in [0, 0.05) is 24.2 Å². The van der Waals surface area contributed by atoms with Crippen LogP contribution in [0.1, 0.15) is 59.3 Å². The van der Waals surface area contributed by atoms with Gasteiger partial charge in [0.2, 0.25) is 0 Å². The Kier molecular flexibility index (Phi) is 6.48. The molecule has 0 radical (unpaired) electrons. The second kappa shape index (κ2) is 7.91. The van der Waals surface area contributed by atoms with Crippen LogP contribution < -0.4 is 5.32 Å². The van der Waals surface area contributed by atoms with Gasteiger partial charge in [0.05, 0.1) is 19.3 Å². The van der Waals surface area contributed by atoms with Crippen LogP contribution in [0.15, 0.2) is 0 Å². The van der Waals surface area contributed by atoms with Crippen LogP contribution in [-0.4, -0.2) is 60.0 Å². The maximum atomic E-state index is 9.83. The molecule has 21 heavy (non-hydrogen) atoms. The van der Waals surface area contributed by atoms with Crippen LogP contribution in [0.3, 0.4) is 0 Å². The molecule has 2 fully saturated rings. The fraction of sp³-hybridized carbons (Fsp3) is 1.00. The maximum Gasteiger partial charge on any atom is 0.0674 e. The van der Waals surface area contributed by atoms with E-state index in [2.05, 4.69) is 31.0 Å². The summed E-state index contributed by atoms with van der Waals surface area (Å²) in [4.78, 5) is 2.59. The van der Waals surface area contributed by atoms with E-state index in [0.29, 0.717) is 18.2 Å². The van der Waals surface area contributed by atoms with Gasteiger partial charge >= 0.3 is 0 Å². The third-order valence-corrected chi connectivity index (χ3v) is 5.22. The average molecular weight is 298 g/mol. The minimum Gasteiger partial charge on any atom is -0.394 e. The molecular formula is C17H34N2O2. The first-order valence-corrected chi connectivity index (χ1v) is 8.86. The summed E-state index contributed by atoms with van der Waals surface area (Å²) in [5.41, 5.74) is -0.0548. The van der Waals surface area contributed by atoms with Crippen molar-refractivity contribution >= 4 is 0 Å². The number of nitrogens with one attached hydrogen (secondary N) is 1. The van der Waals surface area contributed by atoms with Crippen LogP contribution in [0.2, 0.25) is 0 Å². The van der Waals surface area contributed by atoms with Crippen LogP contribution in [0.5, 0.6) is 0 Å². The van der Waals surface area contributed by atoms with Gasteiger partial charge in [-0.1, -0.05) is 13.8 Å². The molecule has 0 amide bonds. The number of ether oxygens (including phenoxy) is 1. The van der Waals surface area contributed by atoms with Crippen molar-refractivity contribution in [3.63, 3.8) is 0 Å². The highest BCUT2D eigenvalue weighted by Crippen LogP contribution is 2.27. The maximum absolute atomic E-state index is 9.83. The average Bonchev–Trinajstić information content (AvgIpc) is 3.30. The van der Waals surface area contributed by atoms with Crippen molar-refractivity contribution < 1.29 is 9.84 Å². The summed E-state index contributed by atoms with van der Waals surface area (Å²) >= 11 is 0. The first-order valence-electron chi connectivity index (χ1n) is 8.86. The van der Waals surface area contributed by atoms with Gasteiger partial charge in [0.1, 0.15) is 0 Å². The molecule has 124 valence electrons. The Morgan fingerprint density at radius 2 is 2.10 bits per heavy atom. The van der Waals surface area contributed by atoms with Gasteiger partial charge in [-0.15, -0.1) is 0 Å². The van der Waals surface area contributed by atoms with Crippen molar-refractivity contribution in [2.75, 3.05) is 26.3 Å².